The van der Waals surface area contributed by atoms with Crippen molar-refractivity contribution in [3.05, 3.63) is 18.4 Å². The van der Waals surface area contributed by atoms with Crippen molar-refractivity contribution in [1.29, 1.82) is 0 Å². The van der Waals surface area contributed by atoms with Gasteiger partial charge < -0.3 is 14.5 Å². The molecule has 0 amide bonds. The Balaban J connectivity index is 2.18. The summed E-state index contributed by atoms with van der Waals surface area (Å²) in [6, 6.07) is 0. The third kappa shape index (κ3) is 4.95. The SMILES string of the molecule is COCCC(C)(C)CNCc1cnco1. The number of aromatic nitrogens is 1. The van der Waals surface area contributed by atoms with Gasteiger partial charge in [-0.15, -0.1) is 0 Å². The van der Waals surface area contributed by atoms with Gasteiger partial charge in [-0.25, -0.2) is 4.98 Å². The van der Waals surface area contributed by atoms with Gasteiger partial charge >= 0.3 is 0 Å². The fourth-order valence-electron chi connectivity index (χ4n) is 1.32. The lowest BCUT2D eigenvalue weighted by molar-refractivity contribution is 0.150. The third-order valence-corrected chi connectivity index (χ3v) is 2.37. The van der Waals surface area contributed by atoms with E-state index in [1.807, 2.05) is 0 Å². The van der Waals surface area contributed by atoms with Crippen molar-refractivity contribution in [1.82, 2.24) is 10.3 Å². The van der Waals surface area contributed by atoms with Crippen LogP contribution in [0.2, 0.25) is 0 Å². The minimum Gasteiger partial charge on any atom is -0.447 e. The summed E-state index contributed by atoms with van der Waals surface area (Å²) in [7, 11) is 1.73. The summed E-state index contributed by atoms with van der Waals surface area (Å²) in [5.74, 6) is 0.873. The maximum absolute atomic E-state index is 5.13. The van der Waals surface area contributed by atoms with Crippen molar-refractivity contribution in [2.45, 2.75) is 26.8 Å². The van der Waals surface area contributed by atoms with Crippen LogP contribution in [0.1, 0.15) is 26.0 Å². The van der Waals surface area contributed by atoms with Gasteiger partial charge in [0.1, 0.15) is 5.76 Å². The van der Waals surface area contributed by atoms with E-state index in [2.05, 4.69) is 24.1 Å². The van der Waals surface area contributed by atoms with Gasteiger partial charge in [0.15, 0.2) is 6.39 Å². The fourth-order valence-corrected chi connectivity index (χ4v) is 1.32. The van der Waals surface area contributed by atoms with Crippen molar-refractivity contribution in [3.63, 3.8) is 0 Å². The van der Waals surface area contributed by atoms with Crippen LogP contribution in [0.4, 0.5) is 0 Å². The Bertz CT molecular complexity index is 258. The quantitative estimate of drug-likeness (QED) is 0.749. The van der Waals surface area contributed by atoms with E-state index < -0.39 is 0 Å². The zero-order chi connectivity index (χ0) is 11.1. The van der Waals surface area contributed by atoms with Crippen LogP contribution < -0.4 is 5.32 Å². The lowest BCUT2D eigenvalue weighted by Gasteiger charge is -2.24. The van der Waals surface area contributed by atoms with E-state index in [4.69, 9.17) is 9.15 Å². The average molecular weight is 212 g/mol. The molecule has 1 heterocycles. The minimum atomic E-state index is 0.246. The molecule has 0 saturated heterocycles. The standard InChI is InChI=1S/C11H20N2O2/c1-11(2,4-5-14-3)8-12-6-10-7-13-9-15-10/h7,9,12H,4-6,8H2,1-3H3. The first-order valence-electron chi connectivity index (χ1n) is 5.21. The fraction of sp³-hybridized carbons (Fsp3) is 0.727. The Morgan fingerprint density at radius 1 is 1.53 bits per heavy atom. The van der Waals surface area contributed by atoms with Crippen LogP contribution in [0.25, 0.3) is 0 Å². The molecule has 15 heavy (non-hydrogen) atoms. The maximum Gasteiger partial charge on any atom is 0.180 e. The topological polar surface area (TPSA) is 47.3 Å². The van der Waals surface area contributed by atoms with Gasteiger partial charge in [0.2, 0.25) is 0 Å². The van der Waals surface area contributed by atoms with E-state index in [1.54, 1.807) is 13.3 Å². The summed E-state index contributed by atoms with van der Waals surface area (Å²) in [6.45, 7) is 6.92. The molecule has 0 atom stereocenters. The van der Waals surface area contributed by atoms with Crippen molar-refractivity contribution in [3.8, 4) is 0 Å². The van der Waals surface area contributed by atoms with Crippen LogP contribution in [0.3, 0.4) is 0 Å². The summed E-state index contributed by atoms with van der Waals surface area (Å²) in [5, 5.41) is 3.35. The second kappa shape index (κ2) is 5.88. The predicted molar refractivity (Wildman–Crippen MR) is 58.5 cm³/mol. The van der Waals surface area contributed by atoms with Crippen LogP contribution >= 0.6 is 0 Å². The molecular weight excluding hydrogens is 192 g/mol. The highest BCUT2D eigenvalue weighted by atomic mass is 16.5. The number of hydrogen-bond acceptors (Lipinski definition) is 4. The number of hydrogen-bond donors (Lipinski definition) is 1. The summed E-state index contributed by atoms with van der Waals surface area (Å²) in [5.41, 5.74) is 0.246. The highest BCUT2D eigenvalue weighted by Crippen LogP contribution is 2.18. The molecule has 0 radical (unpaired) electrons. The summed E-state index contributed by atoms with van der Waals surface area (Å²) >= 11 is 0. The van der Waals surface area contributed by atoms with Crippen LogP contribution in [0, 0.1) is 5.41 Å². The summed E-state index contributed by atoms with van der Waals surface area (Å²) in [6.07, 6.45) is 4.23. The molecular formula is C11H20N2O2. The van der Waals surface area contributed by atoms with Gasteiger partial charge in [0.25, 0.3) is 0 Å². The summed E-state index contributed by atoms with van der Waals surface area (Å²) < 4.78 is 10.2. The highest BCUT2D eigenvalue weighted by Gasteiger charge is 2.16. The molecule has 0 spiro atoms. The molecule has 1 rings (SSSR count). The molecule has 0 unspecified atom stereocenters. The number of oxazole rings is 1. The molecule has 1 aromatic rings. The molecule has 0 aromatic carbocycles. The van der Waals surface area contributed by atoms with Gasteiger partial charge in [-0.05, 0) is 11.8 Å². The second-order valence-corrected chi connectivity index (χ2v) is 4.48. The molecule has 86 valence electrons. The van der Waals surface area contributed by atoms with Crippen LogP contribution in [0.15, 0.2) is 17.0 Å². The Kier molecular flexibility index (Phi) is 4.78. The van der Waals surface area contributed by atoms with Crippen molar-refractivity contribution < 1.29 is 9.15 Å². The van der Waals surface area contributed by atoms with Gasteiger partial charge in [0.05, 0.1) is 12.7 Å². The number of rotatable bonds is 7. The molecule has 1 aromatic heterocycles. The first kappa shape index (κ1) is 12.2. The van der Waals surface area contributed by atoms with Crippen molar-refractivity contribution in [2.24, 2.45) is 5.41 Å². The van der Waals surface area contributed by atoms with Gasteiger partial charge in [-0.1, -0.05) is 13.8 Å². The van der Waals surface area contributed by atoms with Gasteiger partial charge in [0, 0.05) is 20.3 Å². The lowest BCUT2D eigenvalue weighted by Crippen LogP contribution is -2.30. The average Bonchev–Trinajstić information content (AvgIpc) is 2.67. The smallest absolute Gasteiger partial charge is 0.180 e. The second-order valence-electron chi connectivity index (χ2n) is 4.48. The van der Waals surface area contributed by atoms with Crippen LogP contribution in [-0.2, 0) is 11.3 Å². The molecule has 4 heteroatoms. The Morgan fingerprint density at radius 3 is 2.93 bits per heavy atom. The molecule has 0 saturated carbocycles. The van der Waals surface area contributed by atoms with Gasteiger partial charge in [-0.2, -0.15) is 0 Å². The van der Waals surface area contributed by atoms with Crippen LogP contribution in [-0.4, -0.2) is 25.2 Å². The van der Waals surface area contributed by atoms with Crippen molar-refractivity contribution in [2.75, 3.05) is 20.3 Å². The molecule has 0 aliphatic carbocycles. The molecule has 0 aliphatic heterocycles. The highest BCUT2D eigenvalue weighted by molar-refractivity contribution is 4.87. The first-order valence-corrected chi connectivity index (χ1v) is 5.21. The number of methoxy groups -OCH3 is 1. The molecule has 4 nitrogen and oxygen atoms in total. The first-order chi connectivity index (χ1) is 7.14. The monoisotopic (exact) mass is 212 g/mol. The van der Waals surface area contributed by atoms with E-state index in [0.29, 0.717) is 0 Å². The summed E-state index contributed by atoms with van der Waals surface area (Å²) in [4.78, 5) is 3.86. The van der Waals surface area contributed by atoms with E-state index in [0.717, 1.165) is 31.9 Å². The number of nitrogens with zero attached hydrogens (tertiary/aromatic N) is 1. The zero-order valence-electron chi connectivity index (χ0n) is 9.75. The van der Waals surface area contributed by atoms with E-state index in [1.165, 1.54) is 6.39 Å². The third-order valence-electron chi connectivity index (χ3n) is 2.37. The largest absolute Gasteiger partial charge is 0.447 e. The Labute approximate surface area is 91.0 Å². The predicted octanol–water partition coefficient (Wildman–Crippen LogP) is 1.83. The Morgan fingerprint density at radius 2 is 2.33 bits per heavy atom. The minimum absolute atomic E-state index is 0.246. The molecule has 1 N–H and O–H groups in total. The number of nitrogens with one attached hydrogen (secondary N) is 1. The van der Waals surface area contributed by atoms with Crippen molar-refractivity contribution >= 4 is 0 Å². The van der Waals surface area contributed by atoms with E-state index in [9.17, 15) is 0 Å². The number of ether oxygens (including phenoxy) is 1. The van der Waals surface area contributed by atoms with Crippen LogP contribution in [0.5, 0.6) is 0 Å². The van der Waals surface area contributed by atoms with Gasteiger partial charge in [-0.3, -0.25) is 0 Å². The maximum atomic E-state index is 5.13. The molecule has 0 bridgehead atoms. The van der Waals surface area contributed by atoms with E-state index in [-0.39, 0.29) is 5.41 Å². The molecule has 0 aliphatic rings. The van der Waals surface area contributed by atoms with E-state index >= 15 is 0 Å². The molecule has 0 fully saturated rings. The Hall–Kier alpha value is -0.870. The normalized spacial score (nSPS) is 11.9. The lowest BCUT2D eigenvalue weighted by atomic mass is 9.90. The zero-order valence-corrected chi connectivity index (χ0v) is 9.75.